The fourth-order valence-electron chi connectivity index (χ4n) is 7.35. The van der Waals surface area contributed by atoms with Gasteiger partial charge in [-0.1, -0.05) is 48.0 Å². The van der Waals surface area contributed by atoms with E-state index in [0.29, 0.717) is 25.0 Å². The van der Waals surface area contributed by atoms with E-state index in [4.69, 9.17) is 17.2 Å². The van der Waals surface area contributed by atoms with Crippen LogP contribution in [0.4, 0.5) is 0 Å². The van der Waals surface area contributed by atoms with Gasteiger partial charge in [0, 0.05) is 25.3 Å². The van der Waals surface area contributed by atoms with Crippen LogP contribution >= 0.6 is 24.4 Å². The van der Waals surface area contributed by atoms with E-state index in [1.807, 2.05) is 0 Å². The molecule has 16 N–H and O–H groups in total. The Labute approximate surface area is 424 Å². The second-order valence-electron chi connectivity index (χ2n) is 18.2. The number of thioether (sulfide) groups is 1. The predicted molar refractivity (Wildman–Crippen MR) is 268 cm³/mol. The third-order valence-electron chi connectivity index (χ3n) is 11.6. The highest BCUT2D eigenvalue weighted by Crippen LogP contribution is 2.20. The van der Waals surface area contributed by atoms with Crippen molar-refractivity contribution >= 4 is 89.5 Å². The van der Waals surface area contributed by atoms with Gasteiger partial charge in [0.1, 0.15) is 48.3 Å². The number of nitrogens with one attached hydrogen (secondary N) is 7. The van der Waals surface area contributed by atoms with E-state index in [2.05, 4.69) is 54.8 Å². The molecule has 1 aliphatic heterocycles. The lowest BCUT2D eigenvalue weighted by Crippen LogP contribution is -2.62. The molecule has 0 radical (unpaired) electrons. The Morgan fingerprint density at radius 1 is 0.732 bits per heavy atom. The Kier molecular flexibility index (Phi) is 29.2. The van der Waals surface area contributed by atoms with Crippen LogP contribution in [0.1, 0.15) is 99.3 Å². The number of rotatable bonds is 33. The number of carbonyl (C=O) groups excluding carboxylic acids is 8. The molecule has 1 saturated heterocycles. The predicted octanol–water partition coefficient (Wildman–Crippen LogP) is -2.88. The highest BCUT2D eigenvalue weighted by Gasteiger charge is 2.40. The van der Waals surface area contributed by atoms with E-state index >= 15 is 0 Å². The number of likely N-dealkylation sites (tertiary alicyclic amines) is 1. The van der Waals surface area contributed by atoms with E-state index in [1.54, 1.807) is 47.8 Å². The SMILES string of the molecule is CC[C@H](C)[C@H](NC(=O)[C@H](CCSC)NC(=O)[C@H](CCC(=O)O)NC(=O)[C@@H]1CCCN1C(=O)[C@H](CS)NC(=O)[C@@H](N)CCCN=C(N)N)C(=O)N[C@@H](CO)C(=O)N[C@H](C(=O)N[C@@H](CC(C)C)C(=O)O)C(C)C. The number of carboxylic acids is 2. The Hall–Kier alpha value is -5.41. The van der Waals surface area contributed by atoms with Crippen molar-refractivity contribution in [2.75, 3.05) is 37.5 Å². The van der Waals surface area contributed by atoms with Crippen LogP contribution < -0.4 is 54.4 Å². The van der Waals surface area contributed by atoms with Gasteiger partial charge in [0.2, 0.25) is 47.3 Å². The standard InChI is InChI=1S/C44H78N12O13S2/c1-8-24(6)34(41(66)52-29(20-57)38(63)54-33(23(4)5)40(65)51-28(43(68)69)19-22(2)3)55-37(62)27(15-18-71-7)49-36(61)26(13-14-32(58)59)50-39(64)31-12-10-17-56(31)42(67)30(21-70)53-35(60)25(45)11-9-16-48-44(46)47/h22-31,33-34,57,70H,8-21,45H2,1-7H3,(H,49,61)(H,50,64)(H,51,65)(H,52,66)(H,53,60)(H,54,63)(H,55,62)(H,58,59)(H,68,69)(H4,46,47,48)/t24-,25-,26-,27-,28-,29-,30-,31-,33-,34-/m0/s1. The van der Waals surface area contributed by atoms with Gasteiger partial charge in [0.05, 0.1) is 12.6 Å². The average molecular weight is 1050 g/mol. The zero-order valence-electron chi connectivity index (χ0n) is 41.7. The smallest absolute Gasteiger partial charge is 0.326 e. The van der Waals surface area contributed by atoms with Crippen LogP contribution in [0.15, 0.2) is 4.99 Å². The number of aliphatic imine (C=N–C) groups is 1. The van der Waals surface area contributed by atoms with Gasteiger partial charge in [-0.25, -0.2) is 4.79 Å². The molecule has 0 aliphatic carbocycles. The molecule has 1 rings (SSSR count). The molecule has 1 aliphatic rings. The number of hydrogen-bond donors (Lipinski definition) is 14. The largest absolute Gasteiger partial charge is 0.481 e. The summed E-state index contributed by atoms with van der Waals surface area (Å²) in [6.45, 7) is 9.56. The number of aliphatic hydroxyl groups is 1. The second-order valence-corrected chi connectivity index (χ2v) is 19.6. The maximum Gasteiger partial charge on any atom is 0.326 e. The molecular weight excluding hydrogens is 969 g/mol. The van der Waals surface area contributed by atoms with Crippen LogP contribution in [0, 0.1) is 17.8 Å². The summed E-state index contributed by atoms with van der Waals surface area (Å²) in [5.41, 5.74) is 16.7. The minimum Gasteiger partial charge on any atom is -0.481 e. The molecule has 0 bridgehead atoms. The zero-order valence-corrected chi connectivity index (χ0v) is 43.4. The minimum atomic E-state index is -1.62. The number of nitrogens with two attached hydrogens (primary N) is 3. The first-order chi connectivity index (χ1) is 33.3. The number of hydrogen-bond acceptors (Lipinski definition) is 15. The molecule has 0 aromatic heterocycles. The lowest BCUT2D eigenvalue weighted by molar-refractivity contribution is -0.143. The Bertz CT molecular complexity index is 1860. The van der Waals surface area contributed by atoms with E-state index in [0.717, 1.165) is 0 Å². The number of aliphatic carboxylic acids is 2. The quantitative estimate of drug-likeness (QED) is 0.0136. The normalized spacial score (nSPS) is 17.2. The minimum absolute atomic E-state index is 0.00901. The summed E-state index contributed by atoms with van der Waals surface area (Å²) < 4.78 is 0. The van der Waals surface area contributed by atoms with Crippen LogP contribution in [0.25, 0.3) is 0 Å². The highest BCUT2D eigenvalue weighted by atomic mass is 32.2. The molecule has 0 saturated carbocycles. The molecule has 10 atom stereocenters. The van der Waals surface area contributed by atoms with Gasteiger partial charge in [-0.3, -0.25) is 48.1 Å². The molecule has 1 heterocycles. The average Bonchev–Trinajstić information content (AvgIpc) is 3.81. The summed E-state index contributed by atoms with van der Waals surface area (Å²) >= 11 is 5.56. The lowest BCUT2D eigenvalue weighted by atomic mass is 9.97. The van der Waals surface area contributed by atoms with Crippen LogP contribution in [0.5, 0.6) is 0 Å². The topological polar surface area (TPSA) is 409 Å². The van der Waals surface area contributed by atoms with Crippen LogP contribution in [-0.4, -0.2) is 177 Å². The van der Waals surface area contributed by atoms with Crippen molar-refractivity contribution in [3.05, 3.63) is 0 Å². The van der Waals surface area contributed by atoms with Crippen LogP contribution in [-0.2, 0) is 47.9 Å². The third kappa shape index (κ3) is 22.3. The molecule has 1 fully saturated rings. The summed E-state index contributed by atoms with van der Waals surface area (Å²) in [4.78, 5) is 138. The van der Waals surface area contributed by atoms with Crippen molar-refractivity contribution in [2.45, 2.75) is 154 Å². The first kappa shape index (κ1) is 63.6. The van der Waals surface area contributed by atoms with Crippen molar-refractivity contribution in [2.24, 2.45) is 39.9 Å². The fraction of sp³-hybridized carbons (Fsp3) is 0.750. The summed E-state index contributed by atoms with van der Waals surface area (Å²) in [6, 6.07) is -11.6. The molecular formula is C44H78N12O13S2. The molecule has 0 unspecified atom stereocenters. The molecule has 0 aromatic carbocycles. The Balaban J connectivity index is 3.28. The Morgan fingerprint density at radius 2 is 1.28 bits per heavy atom. The third-order valence-corrected chi connectivity index (χ3v) is 12.7. The van der Waals surface area contributed by atoms with Crippen LogP contribution in [0.2, 0.25) is 0 Å². The molecule has 0 spiro atoms. The van der Waals surface area contributed by atoms with Gasteiger partial charge in [0.25, 0.3) is 0 Å². The van der Waals surface area contributed by atoms with Gasteiger partial charge in [0.15, 0.2) is 5.96 Å². The van der Waals surface area contributed by atoms with Crippen molar-refractivity contribution in [3.8, 4) is 0 Å². The molecule has 71 heavy (non-hydrogen) atoms. The van der Waals surface area contributed by atoms with E-state index in [1.165, 1.54) is 16.7 Å². The number of guanidine groups is 1. The fourth-order valence-corrected chi connectivity index (χ4v) is 8.07. The number of amides is 8. The van der Waals surface area contributed by atoms with Gasteiger partial charge >= 0.3 is 11.9 Å². The zero-order chi connectivity index (χ0) is 54.1. The maximum absolute atomic E-state index is 14.0. The van der Waals surface area contributed by atoms with E-state index in [9.17, 15) is 63.3 Å². The van der Waals surface area contributed by atoms with Gasteiger partial charge in [-0.05, 0) is 74.7 Å². The van der Waals surface area contributed by atoms with Gasteiger partial charge in [-0.2, -0.15) is 24.4 Å². The molecule has 8 amide bonds. The van der Waals surface area contributed by atoms with Crippen molar-refractivity contribution in [3.63, 3.8) is 0 Å². The van der Waals surface area contributed by atoms with Gasteiger partial charge < -0.3 is 74.6 Å². The van der Waals surface area contributed by atoms with E-state index < -0.39 is 145 Å². The second kappa shape index (κ2) is 32.5. The first-order valence-corrected chi connectivity index (χ1v) is 25.7. The monoisotopic (exact) mass is 1050 g/mol. The number of aliphatic hydroxyl groups excluding tert-OH is 1. The molecule has 0 aromatic rings. The van der Waals surface area contributed by atoms with Crippen LogP contribution in [0.3, 0.4) is 0 Å². The lowest BCUT2D eigenvalue weighted by Gasteiger charge is -2.30. The molecule has 404 valence electrons. The summed E-state index contributed by atoms with van der Waals surface area (Å²) in [7, 11) is 0. The number of thiol groups is 1. The first-order valence-electron chi connectivity index (χ1n) is 23.7. The molecule has 25 nitrogen and oxygen atoms in total. The summed E-state index contributed by atoms with van der Waals surface area (Å²) in [6.07, 6.45) is 2.33. The van der Waals surface area contributed by atoms with Crippen molar-refractivity contribution in [1.29, 1.82) is 0 Å². The van der Waals surface area contributed by atoms with Gasteiger partial charge in [-0.15, -0.1) is 0 Å². The van der Waals surface area contributed by atoms with Crippen molar-refractivity contribution in [1.82, 2.24) is 42.1 Å². The highest BCUT2D eigenvalue weighted by molar-refractivity contribution is 7.98. The van der Waals surface area contributed by atoms with Crippen molar-refractivity contribution < 1.29 is 63.3 Å². The Morgan fingerprint density at radius 3 is 1.82 bits per heavy atom. The summed E-state index contributed by atoms with van der Waals surface area (Å²) in [5, 5.41) is 47.0. The number of carboxylic acid groups (broad SMARTS) is 2. The maximum atomic E-state index is 14.0. The molecule has 27 heteroatoms. The number of carbonyl (C=O) groups is 10. The summed E-state index contributed by atoms with van der Waals surface area (Å²) in [5.74, 6) is -10.2. The number of nitrogens with zero attached hydrogens (tertiary/aromatic N) is 2. The van der Waals surface area contributed by atoms with E-state index in [-0.39, 0.29) is 56.4 Å².